The molecule has 1 aliphatic heterocycles. The highest BCUT2D eigenvalue weighted by Crippen LogP contribution is 2.22. The van der Waals surface area contributed by atoms with Crippen LogP contribution in [0, 0.1) is 5.92 Å². The van der Waals surface area contributed by atoms with Crippen molar-refractivity contribution in [2.75, 3.05) is 47.4 Å². The van der Waals surface area contributed by atoms with Crippen molar-refractivity contribution < 1.29 is 9.53 Å². The average Bonchev–Trinajstić information content (AvgIpc) is 2.70. The number of carbonyl (C=O) groups excluding carboxylic acids is 1. The van der Waals surface area contributed by atoms with E-state index in [2.05, 4.69) is 36.1 Å². The van der Waals surface area contributed by atoms with Crippen molar-refractivity contribution in [1.82, 2.24) is 15.1 Å². The smallest absolute Gasteiger partial charge is 0.327 e. The number of nitrogens with zero attached hydrogens (tertiary/aromatic N) is 2. The summed E-state index contributed by atoms with van der Waals surface area (Å²) in [4.78, 5) is 16.7. The van der Waals surface area contributed by atoms with E-state index in [4.69, 9.17) is 4.74 Å². The molecule has 1 fully saturated rings. The van der Waals surface area contributed by atoms with Gasteiger partial charge in [-0.2, -0.15) is 0 Å². The SMILES string of the molecule is CCOC(=O)C(C)(CN1CC(C)C(N(C)C)C1)NC. The fraction of sp³-hybridized carbons (Fsp3) is 0.929. The van der Waals surface area contributed by atoms with Gasteiger partial charge in [-0.05, 0) is 40.9 Å². The third-order valence-electron chi connectivity index (χ3n) is 4.13. The van der Waals surface area contributed by atoms with Gasteiger partial charge in [-0.25, -0.2) is 0 Å². The fourth-order valence-electron chi connectivity index (χ4n) is 2.83. The zero-order valence-corrected chi connectivity index (χ0v) is 13.2. The molecule has 1 rings (SSSR count). The highest BCUT2D eigenvalue weighted by atomic mass is 16.5. The lowest BCUT2D eigenvalue weighted by Crippen LogP contribution is -2.56. The zero-order chi connectivity index (χ0) is 14.6. The average molecular weight is 271 g/mol. The standard InChI is InChI=1S/C14H29N3O2/c1-7-19-13(18)14(3,15-4)10-17-8-11(2)12(9-17)16(5)6/h11-12,15H,7-10H2,1-6H3. The Hall–Kier alpha value is -0.650. The fourth-order valence-corrected chi connectivity index (χ4v) is 2.83. The number of rotatable bonds is 6. The van der Waals surface area contributed by atoms with Crippen LogP contribution in [0.15, 0.2) is 0 Å². The van der Waals surface area contributed by atoms with Gasteiger partial charge in [0.15, 0.2) is 0 Å². The Bertz CT molecular complexity index is 309. The Kier molecular flexibility index (Phi) is 5.77. The van der Waals surface area contributed by atoms with Crippen LogP contribution in [0.3, 0.4) is 0 Å². The number of esters is 1. The van der Waals surface area contributed by atoms with Crippen molar-refractivity contribution in [3.8, 4) is 0 Å². The second-order valence-corrected chi connectivity index (χ2v) is 6.00. The van der Waals surface area contributed by atoms with Crippen LogP contribution in [0.5, 0.6) is 0 Å². The first-order valence-electron chi connectivity index (χ1n) is 7.09. The van der Waals surface area contributed by atoms with Crippen molar-refractivity contribution in [3.05, 3.63) is 0 Å². The van der Waals surface area contributed by atoms with Crippen LogP contribution >= 0.6 is 0 Å². The van der Waals surface area contributed by atoms with Gasteiger partial charge in [0.05, 0.1) is 6.61 Å². The lowest BCUT2D eigenvalue weighted by molar-refractivity contribution is -0.151. The Balaban J connectivity index is 2.65. The topological polar surface area (TPSA) is 44.8 Å². The van der Waals surface area contributed by atoms with Gasteiger partial charge in [0.2, 0.25) is 0 Å². The highest BCUT2D eigenvalue weighted by molar-refractivity contribution is 5.80. The third kappa shape index (κ3) is 3.91. The van der Waals surface area contributed by atoms with Gasteiger partial charge in [0.25, 0.3) is 0 Å². The lowest BCUT2D eigenvalue weighted by atomic mass is 10.0. The van der Waals surface area contributed by atoms with Crippen LogP contribution < -0.4 is 5.32 Å². The number of ether oxygens (including phenoxy) is 1. The summed E-state index contributed by atoms with van der Waals surface area (Å²) in [6.07, 6.45) is 0. The Morgan fingerprint density at radius 3 is 2.53 bits per heavy atom. The minimum atomic E-state index is -0.628. The zero-order valence-electron chi connectivity index (χ0n) is 13.2. The summed E-state index contributed by atoms with van der Waals surface area (Å²) in [6.45, 7) is 9.17. The van der Waals surface area contributed by atoms with E-state index in [0.29, 0.717) is 25.1 Å². The second kappa shape index (κ2) is 6.68. The van der Waals surface area contributed by atoms with Crippen LogP contribution in [0.1, 0.15) is 20.8 Å². The normalized spacial score (nSPS) is 27.5. The first-order chi connectivity index (χ1) is 8.84. The van der Waals surface area contributed by atoms with Crippen molar-refractivity contribution in [2.24, 2.45) is 5.92 Å². The molecule has 1 saturated heterocycles. The molecule has 0 spiro atoms. The van der Waals surface area contributed by atoms with Crippen molar-refractivity contribution >= 4 is 5.97 Å². The van der Waals surface area contributed by atoms with Gasteiger partial charge in [-0.3, -0.25) is 9.69 Å². The van der Waals surface area contributed by atoms with Gasteiger partial charge >= 0.3 is 5.97 Å². The molecule has 0 radical (unpaired) electrons. The molecule has 0 bridgehead atoms. The predicted octanol–water partition coefficient (Wildman–Crippen LogP) is 0.410. The number of nitrogens with one attached hydrogen (secondary N) is 1. The quantitative estimate of drug-likeness (QED) is 0.709. The van der Waals surface area contributed by atoms with E-state index < -0.39 is 5.54 Å². The van der Waals surface area contributed by atoms with E-state index in [1.807, 2.05) is 20.9 Å². The molecule has 5 heteroatoms. The van der Waals surface area contributed by atoms with Gasteiger partial charge in [-0.15, -0.1) is 0 Å². The number of carbonyl (C=O) groups is 1. The molecular weight excluding hydrogens is 242 g/mol. The maximum atomic E-state index is 12.1. The summed E-state index contributed by atoms with van der Waals surface area (Å²) < 4.78 is 5.17. The molecule has 0 aromatic carbocycles. The number of hydrogen-bond acceptors (Lipinski definition) is 5. The third-order valence-corrected chi connectivity index (χ3v) is 4.13. The van der Waals surface area contributed by atoms with Gasteiger partial charge < -0.3 is 15.0 Å². The summed E-state index contributed by atoms with van der Waals surface area (Å²) in [5, 5.41) is 3.12. The van der Waals surface area contributed by atoms with Gasteiger partial charge in [-0.1, -0.05) is 6.92 Å². The van der Waals surface area contributed by atoms with Crippen molar-refractivity contribution in [1.29, 1.82) is 0 Å². The highest BCUT2D eigenvalue weighted by Gasteiger charge is 2.39. The molecule has 3 atom stereocenters. The molecule has 112 valence electrons. The van der Waals surface area contributed by atoms with E-state index >= 15 is 0 Å². The van der Waals surface area contributed by atoms with Crippen LogP contribution in [0.4, 0.5) is 0 Å². The van der Waals surface area contributed by atoms with E-state index in [-0.39, 0.29) is 5.97 Å². The maximum Gasteiger partial charge on any atom is 0.327 e. The number of likely N-dealkylation sites (tertiary alicyclic amines) is 1. The minimum Gasteiger partial charge on any atom is -0.465 e. The first kappa shape index (κ1) is 16.4. The van der Waals surface area contributed by atoms with Crippen LogP contribution in [-0.4, -0.2) is 74.7 Å². The summed E-state index contributed by atoms with van der Waals surface area (Å²) >= 11 is 0. The van der Waals surface area contributed by atoms with E-state index in [9.17, 15) is 4.79 Å². The van der Waals surface area contributed by atoms with E-state index in [1.165, 1.54) is 0 Å². The molecule has 0 aromatic rings. The van der Waals surface area contributed by atoms with E-state index in [1.54, 1.807) is 0 Å². The molecule has 1 N–H and O–H groups in total. The van der Waals surface area contributed by atoms with Crippen LogP contribution in [0.2, 0.25) is 0 Å². The molecule has 3 unspecified atom stereocenters. The predicted molar refractivity (Wildman–Crippen MR) is 77.2 cm³/mol. The maximum absolute atomic E-state index is 12.1. The largest absolute Gasteiger partial charge is 0.465 e. The molecule has 1 aliphatic rings. The molecule has 5 nitrogen and oxygen atoms in total. The Labute approximate surface area is 117 Å². The van der Waals surface area contributed by atoms with Crippen LogP contribution in [0.25, 0.3) is 0 Å². The summed E-state index contributed by atoms with van der Waals surface area (Å²) in [6, 6.07) is 0.559. The molecule has 0 saturated carbocycles. The number of likely N-dealkylation sites (N-methyl/N-ethyl adjacent to an activating group) is 2. The molecular formula is C14H29N3O2. The second-order valence-electron chi connectivity index (χ2n) is 6.00. The summed E-state index contributed by atoms with van der Waals surface area (Å²) in [5.41, 5.74) is -0.628. The van der Waals surface area contributed by atoms with Crippen molar-refractivity contribution in [3.63, 3.8) is 0 Å². The minimum absolute atomic E-state index is 0.168. The Morgan fingerprint density at radius 1 is 1.47 bits per heavy atom. The lowest BCUT2D eigenvalue weighted by Gasteiger charge is -2.31. The Morgan fingerprint density at radius 2 is 2.11 bits per heavy atom. The molecule has 0 aliphatic carbocycles. The van der Waals surface area contributed by atoms with Gasteiger partial charge in [0, 0.05) is 25.7 Å². The number of hydrogen-bond donors (Lipinski definition) is 1. The van der Waals surface area contributed by atoms with Crippen molar-refractivity contribution in [2.45, 2.75) is 32.4 Å². The first-order valence-corrected chi connectivity index (χ1v) is 7.09. The monoisotopic (exact) mass is 271 g/mol. The molecule has 0 amide bonds. The van der Waals surface area contributed by atoms with E-state index in [0.717, 1.165) is 13.1 Å². The molecule has 19 heavy (non-hydrogen) atoms. The molecule has 0 aromatic heterocycles. The molecule has 1 heterocycles. The summed E-state index contributed by atoms with van der Waals surface area (Å²) in [5.74, 6) is 0.455. The van der Waals surface area contributed by atoms with Gasteiger partial charge in [0.1, 0.15) is 5.54 Å². The van der Waals surface area contributed by atoms with Crippen LogP contribution in [-0.2, 0) is 9.53 Å². The summed E-state index contributed by atoms with van der Waals surface area (Å²) in [7, 11) is 6.06.